The zero-order valence-electron chi connectivity index (χ0n) is 14.7. The molecule has 0 saturated carbocycles. The number of methoxy groups -OCH3 is 1. The third-order valence-electron chi connectivity index (χ3n) is 4.06. The summed E-state index contributed by atoms with van der Waals surface area (Å²) in [6.45, 7) is 1.53. The summed E-state index contributed by atoms with van der Waals surface area (Å²) in [5.41, 5.74) is 1.46. The van der Waals surface area contributed by atoms with Gasteiger partial charge < -0.3 is 18.9 Å². The summed E-state index contributed by atoms with van der Waals surface area (Å²) in [5.74, 6) is 1.51. The molecule has 6 heteroatoms. The molecule has 0 aliphatic carbocycles. The molecular weight excluding hydrogens is 336 g/mol. The number of carbonyl (C=O) groups is 2. The summed E-state index contributed by atoms with van der Waals surface area (Å²) < 4.78 is 21.1. The molecule has 6 nitrogen and oxygen atoms in total. The van der Waals surface area contributed by atoms with E-state index in [0.29, 0.717) is 29.2 Å². The van der Waals surface area contributed by atoms with Crippen LogP contribution in [-0.2, 0) is 16.0 Å². The molecule has 2 aromatic carbocycles. The van der Waals surface area contributed by atoms with Gasteiger partial charge in [-0.3, -0.25) is 9.59 Å². The highest BCUT2D eigenvalue weighted by Gasteiger charge is 2.21. The molecule has 26 heavy (non-hydrogen) atoms. The highest BCUT2D eigenvalue weighted by atomic mass is 16.7. The molecule has 0 spiro atoms. The van der Waals surface area contributed by atoms with Crippen molar-refractivity contribution in [2.24, 2.45) is 0 Å². The van der Waals surface area contributed by atoms with Crippen LogP contribution in [0.2, 0.25) is 0 Å². The summed E-state index contributed by atoms with van der Waals surface area (Å²) in [6, 6.07) is 12.4. The maximum absolute atomic E-state index is 12.5. The number of benzene rings is 2. The highest BCUT2D eigenvalue weighted by Crippen LogP contribution is 2.33. The summed E-state index contributed by atoms with van der Waals surface area (Å²) >= 11 is 0. The first kappa shape index (κ1) is 17.8. The molecule has 0 bridgehead atoms. The predicted molar refractivity (Wildman–Crippen MR) is 93.8 cm³/mol. The van der Waals surface area contributed by atoms with Gasteiger partial charge in [-0.15, -0.1) is 0 Å². The number of hydrogen-bond acceptors (Lipinski definition) is 6. The van der Waals surface area contributed by atoms with Gasteiger partial charge in [0.25, 0.3) is 0 Å². The molecule has 1 atom stereocenters. The van der Waals surface area contributed by atoms with E-state index in [2.05, 4.69) is 0 Å². The molecule has 0 fully saturated rings. The van der Waals surface area contributed by atoms with Crippen LogP contribution in [0.15, 0.2) is 42.5 Å². The summed E-state index contributed by atoms with van der Waals surface area (Å²) in [5, 5.41) is 0. The molecule has 0 N–H and O–H groups in total. The van der Waals surface area contributed by atoms with Gasteiger partial charge in [0.15, 0.2) is 17.3 Å². The average Bonchev–Trinajstić information content (AvgIpc) is 3.09. The van der Waals surface area contributed by atoms with E-state index < -0.39 is 12.1 Å². The number of Topliss-reactive ketones (excluding diaryl/α,β-unsaturated/α-hetero) is 1. The van der Waals surface area contributed by atoms with Crippen LogP contribution in [0.1, 0.15) is 29.3 Å². The Morgan fingerprint density at radius 3 is 2.50 bits per heavy atom. The molecule has 0 radical (unpaired) electrons. The Hall–Kier alpha value is -3.02. The first-order valence-corrected chi connectivity index (χ1v) is 8.28. The Kier molecular flexibility index (Phi) is 5.41. The van der Waals surface area contributed by atoms with Gasteiger partial charge in [0.1, 0.15) is 11.9 Å². The number of esters is 1. The SMILES string of the molecule is COc1ccc(C(=O)C[C@H](Cc2ccc3c(c2)OCO3)OC(C)=O)cc1. The maximum atomic E-state index is 12.5. The quantitative estimate of drug-likeness (QED) is 0.561. The lowest BCUT2D eigenvalue weighted by Gasteiger charge is -2.17. The fourth-order valence-corrected chi connectivity index (χ4v) is 2.82. The molecular formula is C20H20O6. The van der Waals surface area contributed by atoms with Crippen LogP contribution in [-0.4, -0.2) is 31.8 Å². The number of fused-ring (bicyclic) bond motifs is 1. The number of carbonyl (C=O) groups excluding carboxylic acids is 2. The lowest BCUT2D eigenvalue weighted by Crippen LogP contribution is -2.23. The van der Waals surface area contributed by atoms with Crippen LogP contribution in [0.25, 0.3) is 0 Å². The minimum absolute atomic E-state index is 0.0975. The molecule has 1 aliphatic heterocycles. The van der Waals surface area contributed by atoms with Crippen LogP contribution in [0.3, 0.4) is 0 Å². The fraction of sp³-hybridized carbons (Fsp3) is 0.300. The summed E-state index contributed by atoms with van der Waals surface area (Å²) in [4.78, 5) is 24.0. The van der Waals surface area contributed by atoms with Gasteiger partial charge in [0, 0.05) is 25.3 Å². The summed E-state index contributed by atoms with van der Waals surface area (Å²) in [7, 11) is 1.57. The monoisotopic (exact) mass is 356 g/mol. The molecule has 0 saturated heterocycles. The summed E-state index contributed by atoms with van der Waals surface area (Å²) in [6.07, 6.45) is -0.0409. The largest absolute Gasteiger partial charge is 0.497 e. The van der Waals surface area contributed by atoms with Crippen molar-refractivity contribution in [1.29, 1.82) is 0 Å². The zero-order valence-corrected chi connectivity index (χ0v) is 14.7. The van der Waals surface area contributed by atoms with Gasteiger partial charge in [-0.25, -0.2) is 0 Å². The van der Waals surface area contributed by atoms with E-state index in [4.69, 9.17) is 18.9 Å². The van der Waals surface area contributed by atoms with Crippen molar-refractivity contribution < 1.29 is 28.5 Å². The predicted octanol–water partition coefficient (Wildman–Crippen LogP) is 3.17. The van der Waals surface area contributed by atoms with Gasteiger partial charge >= 0.3 is 5.97 Å². The number of rotatable bonds is 7. The van der Waals surface area contributed by atoms with E-state index in [1.165, 1.54) is 6.92 Å². The Morgan fingerprint density at radius 1 is 1.08 bits per heavy atom. The van der Waals surface area contributed by atoms with E-state index in [0.717, 1.165) is 5.56 Å². The van der Waals surface area contributed by atoms with E-state index in [-0.39, 0.29) is 19.0 Å². The first-order chi connectivity index (χ1) is 12.5. The lowest BCUT2D eigenvalue weighted by atomic mass is 9.99. The highest BCUT2D eigenvalue weighted by molar-refractivity contribution is 5.96. The van der Waals surface area contributed by atoms with Crippen molar-refractivity contribution in [3.05, 3.63) is 53.6 Å². The van der Waals surface area contributed by atoms with Crippen LogP contribution in [0.4, 0.5) is 0 Å². The van der Waals surface area contributed by atoms with Crippen molar-refractivity contribution in [3.63, 3.8) is 0 Å². The minimum atomic E-state index is -0.553. The minimum Gasteiger partial charge on any atom is -0.497 e. The van der Waals surface area contributed by atoms with E-state index in [1.807, 2.05) is 18.2 Å². The Morgan fingerprint density at radius 2 is 1.81 bits per heavy atom. The molecule has 0 aromatic heterocycles. The Balaban J connectivity index is 1.70. The normalized spacial score (nSPS) is 13.2. The molecule has 0 amide bonds. The number of ether oxygens (including phenoxy) is 4. The molecule has 136 valence electrons. The van der Waals surface area contributed by atoms with Gasteiger partial charge in [-0.1, -0.05) is 6.07 Å². The topological polar surface area (TPSA) is 71.1 Å². The first-order valence-electron chi connectivity index (χ1n) is 8.28. The van der Waals surface area contributed by atoms with Crippen LogP contribution in [0, 0.1) is 0 Å². The Labute approximate surface area is 151 Å². The van der Waals surface area contributed by atoms with E-state index in [1.54, 1.807) is 31.4 Å². The molecule has 0 unspecified atom stereocenters. The molecule has 2 aromatic rings. The molecule has 3 rings (SSSR count). The van der Waals surface area contributed by atoms with Gasteiger partial charge in [0.05, 0.1) is 7.11 Å². The molecule has 1 aliphatic rings. The maximum Gasteiger partial charge on any atom is 0.302 e. The van der Waals surface area contributed by atoms with Crippen LogP contribution < -0.4 is 14.2 Å². The van der Waals surface area contributed by atoms with Crippen LogP contribution in [0.5, 0.6) is 17.2 Å². The Bertz CT molecular complexity index is 796. The second-order valence-electron chi connectivity index (χ2n) is 5.98. The number of hydrogen-bond donors (Lipinski definition) is 0. The smallest absolute Gasteiger partial charge is 0.302 e. The second kappa shape index (κ2) is 7.91. The van der Waals surface area contributed by atoms with Gasteiger partial charge in [0.2, 0.25) is 6.79 Å². The third-order valence-corrected chi connectivity index (χ3v) is 4.06. The van der Waals surface area contributed by atoms with E-state index in [9.17, 15) is 9.59 Å². The van der Waals surface area contributed by atoms with E-state index >= 15 is 0 Å². The van der Waals surface area contributed by atoms with Gasteiger partial charge in [-0.05, 0) is 42.0 Å². The standard InChI is InChI=1S/C20H20O6/c1-13(21)26-17(9-14-3-8-19-20(10-14)25-12-24-19)11-18(22)15-4-6-16(23-2)7-5-15/h3-8,10,17H,9,11-12H2,1-2H3/t17-/m0/s1. The number of ketones is 1. The van der Waals surface area contributed by atoms with Crippen molar-refractivity contribution in [2.45, 2.75) is 25.9 Å². The average molecular weight is 356 g/mol. The molecule has 1 heterocycles. The van der Waals surface area contributed by atoms with Crippen molar-refractivity contribution in [1.82, 2.24) is 0 Å². The third kappa shape index (κ3) is 4.33. The van der Waals surface area contributed by atoms with Gasteiger partial charge in [-0.2, -0.15) is 0 Å². The lowest BCUT2D eigenvalue weighted by molar-refractivity contribution is -0.146. The fourth-order valence-electron chi connectivity index (χ4n) is 2.82. The van der Waals surface area contributed by atoms with Crippen molar-refractivity contribution in [2.75, 3.05) is 13.9 Å². The zero-order chi connectivity index (χ0) is 18.5. The van der Waals surface area contributed by atoms with Crippen LogP contribution >= 0.6 is 0 Å². The second-order valence-corrected chi connectivity index (χ2v) is 5.98. The van der Waals surface area contributed by atoms with Crippen molar-refractivity contribution in [3.8, 4) is 17.2 Å². The van der Waals surface area contributed by atoms with Crippen molar-refractivity contribution >= 4 is 11.8 Å².